The van der Waals surface area contributed by atoms with Gasteiger partial charge in [0.2, 0.25) is 5.91 Å². The maximum Gasteiger partial charge on any atom is 0.349 e. The molecular weight excluding hydrogens is 489 g/mol. The molecule has 0 heterocycles. The highest BCUT2D eigenvalue weighted by Gasteiger charge is 2.32. The summed E-state index contributed by atoms with van der Waals surface area (Å²) in [6.07, 6.45) is 2.75. The highest BCUT2D eigenvalue weighted by atomic mass is 35.5. The van der Waals surface area contributed by atoms with Crippen molar-refractivity contribution in [1.82, 2.24) is 5.32 Å². The number of allylic oxidation sites excluding steroid dienone is 1. The number of benzene rings is 2. The zero-order chi connectivity index (χ0) is 24.6. The number of ether oxygens (including phenoxy) is 2. The summed E-state index contributed by atoms with van der Waals surface area (Å²) in [5.41, 5.74) is -0.128. The van der Waals surface area contributed by atoms with Gasteiger partial charge in [-0.2, -0.15) is 0 Å². The highest BCUT2D eigenvalue weighted by Crippen LogP contribution is 2.36. The summed E-state index contributed by atoms with van der Waals surface area (Å²) in [5.74, 6) is -1.00. The van der Waals surface area contributed by atoms with Gasteiger partial charge < -0.3 is 14.8 Å². The van der Waals surface area contributed by atoms with Crippen molar-refractivity contribution in [2.75, 3.05) is 13.2 Å². The number of ketones is 1. The van der Waals surface area contributed by atoms with Crippen LogP contribution in [0.2, 0.25) is 15.1 Å². The van der Waals surface area contributed by atoms with E-state index in [1.165, 1.54) is 12.2 Å². The van der Waals surface area contributed by atoms with Crippen LogP contribution in [0.5, 0.6) is 5.75 Å². The van der Waals surface area contributed by atoms with E-state index >= 15 is 0 Å². The number of esters is 1. The van der Waals surface area contributed by atoms with E-state index in [0.717, 1.165) is 0 Å². The molecular formula is C24H24Cl3NO5. The quantitative estimate of drug-likeness (QED) is 0.259. The van der Waals surface area contributed by atoms with Gasteiger partial charge in [-0.15, -0.1) is 0 Å². The number of amides is 1. The van der Waals surface area contributed by atoms with Crippen molar-refractivity contribution >= 4 is 52.5 Å². The van der Waals surface area contributed by atoms with Crippen molar-refractivity contribution in [2.24, 2.45) is 0 Å². The molecule has 6 nitrogen and oxygen atoms in total. The second-order valence-electron chi connectivity index (χ2n) is 7.43. The lowest BCUT2D eigenvalue weighted by Gasteiger charge is -2.25. The molecule has 0 spiro atoms. The van der Waals surface area contributed by atoms with Crippen LogP contribution in [0.3, 0.4) is 0 Å². The molecule has 1 amide bonds. The Bertz CT molecular complexity index is 1050. The van der Waals surface area contributed by atoms with E-state index in [4.69, 9.17) is 44.3 Å². The summed E-state index contributed by atoms with van der Waals surface area (Å²) >= 11 is 18.5. The molecule has 1 N–H and O–H groups in total. The largest absolute Gasteiger partial charge is 0.475 e. The fraction of sp³-hybridized carbons (Fsp3) is 0.292. The van der Waals surface area contributed by atoms with E-state index in [9.17, 15) is 14.4 Å². The smallest absolute Gasteiger partial charge is 0.349 e. The number of hydrogen-bond donors (Lipinski definition) is 1. The van der Waals surface area contributed by atoms with Gasteiger partial charge in [0.1, 0.15) is 10.8 Å². The fourth-order valence-electron chi connectivity index (χ4n) is 2.71. The minimum Gasteiger partial charge on any atom is -0.475 e. The zero-order valence-electron chi connectivity index (χ0n) is 18.4. The van der Waals surface area contributed by atoms with Crippen molar-refractivity contribution in [3.05, 3.63) is 74.7 Å². The summed E-state index contributed by atoms with van der Waals surface area (Å²) in [6.45, 7) is 5.35. The van der Waals surface area contributed by atoms with Gasteiger partial charge in [0.15, 0.2) is 11.4 Å². The zero-order valence-corrected chi connectivity index (χ0v) is 20.7. The van der Waals surface area contributed by atoms with Crippen LogP contribution in [-0.4, -0.2) is 36.4 Å². The van der Waals surface area contributed by atoms with Crippen molar-refractivity contribution in [2.45, 2.75) is 32.8 Å². The average molecular weight is 513 g/mol. The number of hydrogen-bond acceptors (Lipinski definition) is 5. The Hall–Kier alpha value is -2.54. The molecule has 0 aromatic heterocycles. The van der Waals surface area contributed by atoms with Crippen LogP contribution in [0.1, 0.15) is 36.7 Å². The van der Waals surface area contributed by atoms with Crippen molar-refractivity contribution < 1.29 is 23.9 Å². The molecule has 0 atom stereocenters. The van der Waals surface area contributed by atoms with Crippen molar-refractivity contribution in [3.63, 3.8) is 0 Å². The summed E-state index contributed by atoms with van der Waals surface area (Å²) < 4.78 is 10.7. The molecule has 0 aliphatic rings. The molecule has 0 saturated heterocycles. The monoisotopic (exact) mass is 511 g/mol. The predicted octanol–water partition coefficient (Wildman–Crippen LogP) is 5.47. The molecule has 176 valence electrons. The maximum absolute atomic E-state index is 12.1. The molecule has 9 heteroatoms. The molecule has 0 saturated carbocycles. The topological polar surface area (TPSA) is 81.7 Å². The van der Waals surface area contributed by atoms with Gasteiger partial charge in [-0.3, -0.25) is 9.59 Å². The lowest BCUT2D eigenvalue weighted by atomic mass is 10.1. The van der Waals surface area contributed by atoms with Gasteiger partial charge in [0.25, 0.3) is 0 Å². The van der Waals surface area contributed by atoms with Crippen LogP contribution in [0, 0.1) is 0 Å². The molecule has 0 fully saturated rings. The summed E-state index contributed by atoms with van der Waals surface area (Å²) in [4.78, 5) is 36.1. The van der Waals surface area contributed by atoms with Crippen LogP contribution in [0.15, 0.2) is 48.6 Å². The van der Waals surface area contributed by atoms with Gasteiger partial charge in [0, 0.05) is 23.2 Å². The second-order valence-corrected chi connectivity index (χ2v) is 8.62. The SMILES string of the molecule is CCOC(=O)C(C)(C)Oc1ccc(CCNC(=O)/C=C/C(=O)c2ccc(Cl)cc2)c(Cl)c1Cl. The standard InChI is InChI=1S/C24H24Cl3NO5/c1-4-32-23(31)24(2,3)33-19-11-7-16(21(26)22(19)27)13-14-28-20(30)12-10-18(29)15-5-8-17(25)9-6-15/h5-12H,4,13-14H2,1-3H3,(H,28,30)/b12-10+. The Morgan fingerprint density at radius 3 is 2.27 bits per heavy atom. The molecule has 0 bridgehead atoms. The first-order valence-corrected chi connectivity index (χ1v) is 11.3. The Balaban J connectivity index is 1.92. The third-order valence-electron chi connectivity index (χ3n) is 4.47. The van der Waals surface area contributed by atoms with E-state index in [1.54, 1.807) is 57.2 Å². The van der Waals surface area contributed by atoms with E-state index in [-0.39, 0.29) is 34.7 Å². The van der Waals surface area contributed by atoms with E-state index < -0.39 is 17.5 Å². The van der Waals surface area contributed by atoms with Crippen LogP contribution in [0.25, 0.3) is 0 Å². The third kappa shape index (κ3) is 7.77. The van der Waals surface area contributed by atoms with Crippen molar-refractivity contribution in [1.29, 1.82) is 0 Å². The molecule has 2 aromatic rings. The molecule has 0 aliphatic carbocycles. The maximum atomic E-state index is 12.1. The second kappa shape index (κ2) is 12.1. The lowest BCUT2D eigenvalue weighted by Crippen LogP contribution is -2.39. The minimum atomic E-state index is -1.24. The number of nitrogens with one attached hydrogen (secondary N) is 1. The minimum absolute atomic E-state index is 0.159. The Morgan fingerprint density at radius 2 is 1.64 bits per heavy atom. The van der Waals surface area contributed by atoms with E-state index in [1.807, 2.05) is 0 Å². The lowest BCUT2D eigenvalue weighted by molar-refractivity contribution is -0.158. The summed E-state index contributed by atoms with van der Waals surface area (Å²) in [5, 5.41) is 3.62. The van der Waals surface area contributed by atoms with Gasteiger partial charge in [0.05, 0.1) is 11.6 Å². The van der Waals surface area contributed by atoms with Gasteiger partial charge >= 0.3 is 5.97 Å². The first-order valence-electron chi connectivity index (χ1n) is 10.1. The van der Waals surface area contributed by atoms with Crippen LogP contribution >= 0.6 is 34.8 Å². The molecule has 0 radical (unpaired) electrons. The number of carbonyl (C=O) groups excluding carboxylic acids is 3. The van der Waals surface area contributed by atoms with E-state index in [2.05, 4.69) is 5.32 Å². The average Bonchev–Trinajstić information content (AvgIpc) is 2.77. The van der Waals surface area contributed by atoms with Gasteiger partial charge in [-0.1, -0.05) is 40.9 Å². The van der Waals surface area contributed by atoms with Crippen LogP contribution in [-0.2, 0) is 20.7 Å². The predicted molar refractivity (Wildman–Crippen MR) is 129 cm³/mol. The fourth-order valence-corrected chi connectivity index (χ4v) is 3.31. The Kier molecular flexibility index (Phi) is 9.77. The molecule has 0 unspecified atom stereocenters. The van der Waals surface area contributed by atoms with E-state index in [0.29, 0.717) is 22.6 Å². The number of halogens is 3. The highest BCUT2D eigenvalue weighted by molar-refractivity contribution is 6.43. The van der Waals surface area contributed by atoms with Crippen molar-refractivity contribution in [3.8, 4) is 5.75 Å². The van der Waals surface area contributed by atoms with Gasteiger partial charge in [-0.05, 0) is 69.2 Å². The normalized spacial score (nSPS) is 11.3. The molecule has 2 aromatic carbocycles. The van der Waals surface area contributed by atoms with Gasteiger partial charge in [-0.25, -0.2) is 4.79 Å². The third-order valence-corrected chi connectivity index (χ3v) is 5.62. The summed E-state index contributed by atoms with van der Waals surface area (Å²) in [7, 11) is 0. The van der Waals surface area contributed by atoms with Crippen LogP contribution in [0.4, 0.5) is 0 Å². The van der Waals surface area contributed by atoms with Crippen LogP contribution < -0.4 is 10.1 Å². The number of carbonyl (C=O) groups is 3. The first-order chi connectivity index (χ1) is 15.5. The number of rotatable bonds is 10. The first kappa shape index (κ1) is 26.7. The Labute approximate surface area is 207 Å². The summed E-state index contributed by atoms with van der Waals surface area (Å²) in [6, 6.07) is 9.69. The molecule has 0 aliphatic heterocycles. The molecule has 2 rings (SSSR count). The molecule has 33 heavy (non-hydrogen) atoms. The Morgan fingerprint density at radius 1 is 0.970 bits per heavy atom.